The van der Waals surface area contributed by atoms with Crippen LogP contribution < -0.4 is 10.1 Å². The lowest BCUT2D eigenvalue weighted by Crippen LogP contribution is -2.39. The molecule has 1 aliphatic rings. The Hall–Kier alpha value is -1.26. The summed E-state index contributed by atoms with van der Waals surface area (Å²) < 4.78 is 5.32. The van der Waals surface area contributed by atoms with Crippen LogP contribution in [-0.4, -0.2) is 37.0 Å². The highest BCUT2D eigenvalue weighted by Crippen LogP contribution is 2.26. The second-order valence-corrected chi connectivity index (χ2v) is 5.55. The van der Waals surface area contributed by atoms with Crippen molar-refractivity contribution in [3.63, 3.8) is 0 Å². The number of halogens is 1. The topological polar surface area (TPSA) is 41.6 Å². The molecule has 4 nitrogen and oxygen atoms in total. The number of benzene rings is 1. The lowest BCUT2D eigenvalue weighted by Gasteiger charge is -2.22. The van der Waals surface area contributed by atoms with Gasteiger partial charge in [0.2, 0.25) is 5.91 Å². The fraction of sp³-hybridized carbons (Fsp3) is 0.533. The average Bonchev–Trinajstić information content (AvgIpc) is 2.82. The van der Waals surface area contributed by atoms with Gasteiger partial charge in [0.05, 0.1) is 7.11 Å². The normalized spacial score (nSPS) is 16.6. The highest BCUT2D eigenvalue weighted by Gasteiger charge is 2.21. The lowest BCUT2D eigenvalue weighted by molar-refractivity contribution is -0.127. The van der Waals surface area contributed by atoms with Gasteiger partial charge in [0.15, 0.2) is 0 Å². The molecule has 1 aromatic rings. The van der Waals surface area contributed by atoms with Gasteiger partial charge in [-0.3, -0.25) is 4.79 Å². The molecule has 1 N–H and O–H groups in total. The quantitative estimate of drug-likeness (QED) is 0.877. The zero-order chi connectivity index (χ0) is 14.5. The second kappa shape index (κ2) is 6.95. The maximum Gasteiger partial charge on any atom is 0.222 e. The molecule has 1 saturated heterocycles. The fourth-order valence-corrected chi connectivity index (χ4v) is 2.70. The minimum Gasteiger partial charge on any atom is -0.496 e. The fourth-order valence-electron chi connectivity index (χ4n) is 2.47. The smallest absolute Gasteiger partial charge is 0.222 e. The minimum atomic E-state index is 0.220. The molecule has 1 fully saturated rings. The number of likely N-dealkylation sites (tertiary alicyclic amines) is 1. The highest BCUT2D eigenvalue weighted by atomic mass is 35.5. The molecule has 1 aliphatic heterocycles. The number of methoxy groups -OCH3 is 1. The number of hydrogen-bond donors (Lipinski definition) is 1. The van der Waals surface area contributed by atoms with Crippen LogP contribution in [0.3, 0.4) is 0 Å². The summed E-state index contributed by atoms with van der Waals surface area (Å²) in [6.45, 7) is 4.33. The van der Waals surface area contributed by atoms with Crippen molar-refractivity contribution in [3.8, 4) is 5.75 Å². The molecule has 1 amide bonds. The van der Waals surface area contributed by atoms with E-state index in [0.29, 0.717) is 18.0 Å². The Bertz CT molecular complexity index is 479. The van der Waals surface area contributed by atoms with E-state index in [9.17, 15) is 4.79 Å². The first-order valence-corrected chi connectivity index (χ1v) is 7.32. The first-order chi connectivity index (χ1) is 9.61. The third-order valence-electron chi connectivity index (χ3n) is 3.59. The van der Waals surface area contributed by atoms with Crippen LogP contribution in [0.1, 0.15) is 25.3 Å². The second-order valence-electron chi connectivity index (χ2n) is 5.15. The van der Waals surface area contributed by atoms with Crippen LogP contribution in [-0.2, 0) is 11.3 Å². The Balaban J connectivity index is 1.90. The van der Waals surface area contributed by atoms with Crippen LogP contribution in [0.4, 0.5) is 0 Å². The van der Waals surface area contributed by atoms with E-state index in [1.165, 1.54) is 0 Å². The van der Waals surface area contributed by atoms with Gasteiger partial charge in [-0.1, -0.05) is 17.7 Å². The summed E-state index contributed by atoms with van der Waals surface area (Å²) in [5.74, 6) is 1.04. The summed E-state index contributed by atoms with van der Waals surface area (Å²) in [6, 6.07) is 5.85. The molecule has 1 unspecified atom stereocenters. The van der Waals surface area contributed by atoms with E-state index in [1.54, 1.807) is 7.11 Å². The van der Waals surface area contributed by atoms with Crippen LogP contribution >= 0.6 is 11.6 Å². The van der Waals surface area contributed by atoms with Gasteiger partial charge in [0.25, 0.3) is 0 Å². The maximum absolute atomic E-state index is 11.6. The third kappa shape index (κ3) is 3.64. The molecular weight excluding hydrogens is 276 g/mol. The molecule has 0 bridgehead atoms. The molecular formula is C15H21ClN2O2. The predicted octanol–water partition coefficient (Wildman–Crippen LogP) is 2.45. The number of hydrogen-bond acceptors (Lipinski definition) is 3. The first kappa shape index (κ1) is 15.1. The molecule has 5 heteroatoms. The standard InChI is InChI=1S/C15H21ClN2O2/c1-11(10-18-8-4-7-15(18)19)17-9-12-13(16)5-3-6-14(12)20-2/h3,5-6,11,17H,4,7-10H2,1-2H3. The van der Waals surface area contributed by atoms with Gasteiger partial charge in [-0.15, -0.1) is 0 Å². The van der Waals surface area contributed by atoms with Crippen LogP contribution in [0.2, 0.25) is 5.02 Å². The summed E-state index contributed by atoms with van der Waals surface area (Å²) in [4.78, 5) is 13.5. The number of nitrogens with one attached hydrogen (secondary N) is 1. The SMILES string of the molecule is COc1cccc(Cl)c1CNC(C)CN1CCCC1=O. The average molecular weight is 297 g/mol. The van der Waals surface area contributed by atoms with Crippen LogP contribution in [0.25, 0.3) is 0 Å². The molecule has 0 aliphatic carbocycles. The Morgan fingerprint density at radius 3 is 2.95 bits per heavy atom. The molecule has 1 aromatic carbocycles. The molecule has 1 heterocycles. The van der Waals surface area contributed by atoms with E-state index in [2.05, 4.69) is 12.2 Å². The number of nitrogens with zero attached hydrogens (tertiary/aromatic N) is 1. The van der Waals surface area contributed by atoms with Gasteiger partial charge in [0, 0.05) is 42.7 Å². The van der Waals surface area contributed by atoms with E-state index in [-0.39, 0.29) is 11.9 Å². The Kier molecular flexibility index (Phi) is 5.26. The number of carbonyl (C=O) groups excluding carboxylic acids is 1. The summed E-state index contributed by atoms with van der Waals surface area (Å²) in [5.41, 5.74) is 0.955. The first-order valence-electron chi connectivity index (χ1n) is 6.94. The van der Waals surface area contributed by atoms with Crippen molar-refractivity contribution in [2.24, 2.45) is 0 Å². The molecule has 2 rings (SSSR count). The van der Waals surface area contributed by atoms with Gasteiger partial charge >= 0.3 is 0 Å². The number of rotatable bonds is 6. The maximum atomic E-state index is 11.6. The van der Waals surface area contributed by atoms with Gasteiger partial charge in [-0.25, -0.2) is 0 Å². The minimum absolute atomic E-state index is 0.220. The third-order valence-corrected chi connectivity index (χ3v) is 3.94. The Morgan fingerprint density at radius 1 is 1.50 bits per heavy atom. The van der Waals surface area contributed by atoms with E-state index in [4.69, 9.17) is 16.3 Å². The molecule has 0 saturated carbocycles. The zero-order valence-corrected chi connectivity index (χ0v) is 12.7. The summed E-state index contributed by atoms with van der Waals surface area (Å²) in [5, 5.41) is 4.10. The van der Waals surface area contributed by atoms with Crippen molar-refractivity contribution >= 4 is 17.5 Å². The van der Waals surface area contributed by atoms with Gasteiger partial charge in [-0.05, 0) is 25.5 Å². The van der Waals surface area contributed by atoms with Crippen molar-refractivity contribution in [1.29, 1.82) is 0 Å². The molecule has 20 heavy (non-hydrogen) atoms. The lowest BCUT2D eigenvalue weighted by atomic mass is 10.2. The summed E-state index contributed by atoms with van der Waals surface area (Å²) in [6.07, 6.45) is 1.66. The van der Waals surface area contributed by atoms with E-state index in [1.807, 2.05) is 23.1 Å². The Morgan fingerprint density at radius 2 is 2.30 bits per heavy atom. The van der Waals surface area contributed by atoms with Crippen LogP contribution in [0.15, 0.2) is 18.2 Å². The molecule has 0 aromatic heterocycles. The van der Waals surface area contributed by atoms with Crippen molar-refractivity contribution < 1.29 is 9.53 Å². The van der Waals surface area contributed by atoms with Gasteiger partial charge < -0.3 is 15.0 Å². The van der Waals surface area contributed by atoms with Crippen molar-refractivity contribution in [2.45, 2.75) is 32.4 Å². The predicted molar refractivity (Wildman–Crippen MR) is 80.1 cm³/mol. The summed E-state index contributed by atoms with van der Waals surface area (Å²) >= 11 is 6.20. The van der Waals surface area contributed by atoms with Gasteiger partial charge in [-0.2, -0.15) is 0 Å². The van der Waals surface area contributed by atoms with E-state index >= 15 is 0 Å². The molecule has 1 atom stereocenters. The Labute approximate surface area is 125 Å². The van der Waals surface area contributed by atoms with Crippen LogP contribution in [0.5, 0.6) is 5.75 Å². The molecule has 0 spiro atoms. The number of carbonyl (C=O) groups is 1. The van der Waals surface area contributed by atoms with E-state index in [0.717, 1.165) is 30.8 Å². The van der Waals surface area contributed by atoms with Crippen LogP contribution in [0, 0.1) is 0 Å². The van der Waals surface area contributed by atoms with Gasteiger partial charge in [0.1, 0.15) is 5.75 Å². The zero-order valence-electron chi connectivity index (χ0n) is 12.0. The van der Waals surface area contributed by atoms with Crippen molar-refractivity contribution in [2.75, 3.05) is 20.2 Å². The van der Waals surface area contributed by atoms with E-state index < -0.39 is 0 Å². The number of amides is 1. The highest BCUT2D eigenvalue weighted by molar-refractivity contribution is 6.31. The molecule has 110 valence electrons. The number of ether oxygens (including phenoxy) is 1. The summed E-state index contributed by atoms with van der Waals surface area (Å²) in [7, 11) is 1.64. The largest absolute Gasteiger partial charge is 0.496 e. The monoisotopic (exact) mass is 296 g/mol. The molecule has 0 radical (unpaired) electrons. The van der Waals surface area contributed by atoms with Crippen molar-refractivity contribution in [3.05, 3.63) is 28.8 Å². The van der Waals surface area contributed by atoms with Crippen molar-refractivity contribution in [1.82, 2.24) is 10.2 Å².